The Morgan fingerprint density at radius 2 is 1.95 bits per heavy atom. The van der Waals surface area contributed by atoms with Crippen molar-refractivity contribution in [3.05, 3.63) is 51.0 Å². The zero-order valence-electron chi connectivity index (χ0n) is 10.4. The summed E-state index contributed by atoms with van der Waals surface area (Å²) >= 11 is 3.32. The molecule has 0 unspecified atom stereocenters. The normalized spacial score (nSPS) is 14.2. The van der Waals surface area contributed by atoms with E-state index in [1.165, 1.54) is 10.8 Å². The van der Waals surface area contributed by atoms with Crippen LogP contribution < -0.4 is 5.69 Å². The van der Waals surface area contributed by atoms with Crippen molar-refractivity contribution < 1.29 is 9.90 Å². The minimum atomic E-state index is -1.08. The lowest BCUT2D eigenvalue weighted by molar-refractivity contribution is 0.0696. The Morgan fingerprint density at radius 3 is 2.50 bits per heavy atom. The van der Waals surface area contributed by atoms with Gasteiger partial charge in [0.15, 0.2) is 0 Å². The topological polar surface area (TPSA) is 72.2 Å². The summed E-state index contributed by atoms with van der Waals surface area (Å²) in [6.07, 6.45) is 3.21. The van der Waals surface area contributed by atoms with Crippen LogP contribution in [0.3, 0.4) is 0 Å². The number of rotatable bonds is 3. The van der Waals surface area contributed by atoms with Gasteiger partial charge >= 0.3 is 11.7 Å². The molecule has 102 valence electrons. The summed E-state index contributed by atoms with van der Waals surface area (Å²) in [5.74, 6) is -1.08. The van der Waals surface area contributed by atoms with Gasteiger partial charge in [0.1, 0.15) is 5.56 Å². The van der Waals surface area contributed by atoms with Crippen LogP contribution in [-0.2, 0) is 0 Å². The second-order valence-electron chi connectivity index (χ2n) is 4.74. The summed E-state index contributed by atoms with van der Waals surface area (Å²) in [7, 11) is 0. The van der Waals surface area contributed by atoms with E-state index in [1.54, 1.807) is 24.3 Å². The average Bonchev–Trinajstić information content (AvgIpc) is 3.23. The van der Waals surface area contributed by atoms with Crippen LogP contribution in [0.15, 0.2) is 39.7 Å². The van der Waals surface area contributed by atoms with Gasteiger partial charge < -0.3 is 5.11 Å². The van der Waals surface area contributed by atoms with Gasteiger partial charge in [0.05, 0.1) is 5.69 Å². The lowest BCUT2D eigenvalue weighted by atomic mass is 10.1. The molecular formula is C14H11BrN2O3. The minimum absolute atomic E-state index is 0.0545. The minimum Gasteiger partial charge on any atom is -0.478 e. The molecule has 0 aliphatic heterocycles. The van der Waals surface area contributed by atoms with E-state index in [1.807, 2.05) is 0 Å². The molecule has 1 heterocycles. The van der Waals surface area contributed by atoms with Crippen molar-refractivity contribution in [1.29, 1.82) is 0 Å². The van der Waals surface area contributed by atoms with Gasteiger partial charge in [-0.3, -0.25) is 4.57 Å². The first kappa shape index (κ1) is 13.1. The van der Waals surface area contributed by atoms with Crippen LogP contribution in [0.2, 0.25) is 0 Å². The third kappa shape index (κ3) is 2.38. The van der Waals surface area contributed by atoms with Crippen molar-refractivity contribution in [1.82, 2.24) is 9.55 Å². The fourth-order valence-corrected chi connectivity index (χ4v) is 2.33. The SMILES string of the molecule is O=C(O)c1cn(C2CC2)c(=O)nc1-c1ccc(Br)cc1. The summed E-state index contributed by atoms with van der Waals surface area (Å²) in [5, 5.41) is 9.33. The van der Waals surface area contributed by atoms with Gasteiger partial charge in [-0.25, -0.2) is 9.59 Å². The zero-order valence-corrected chi connectivity index (χ0v) is 12.0. The summed E-state index contributed by atoms with van der Waals surface area (Å²) in [6, 6.07) is 7.15. The maximum atomic E-state index is 12.0. The lowest BCUT2D eigenvalue weighted by Gasteiger charge is -2.09. The molecule has 1 aromatic carbocycles. The lowest BCUT2D eigenvalue weighted by Crippen LogP contribution is -2.24. The number of benzene rings is 1. The molecule has 0 radical (unpaired) electrons. The summed E-state index contributed by atoms with van der Waals surface area (Å²) in [5.41, 5.74) is 0.492. The zero-order chi connectivity index (χ0) is 14.3. The van der Waals surface area contributed by atoms with Crippen molar-refractivity contribution in [3.63, 3.8) is 0 Å². The van der Waals surface area contributed by atoms with Gasteiger partial charge in [-0.15, -0.1) is 0 Å². The van der Waals surface area contributed by atoms with E-state index in [0.29, 0.717) is 5.56 Å². The molecule has 1 fully saturated rings. The summed E-state index contributed by atoms with van der Waals surface area (Å²) < 4.78 is 2.30. The fourth-order valence-electron chi connectivity index (χ4n) is 2.07. The average molecular weight is 335 g/mol. The van der Waals surface area contributed by atoms with E-state index in [-0.39, 0.29) is 17.3 Å². The highest BCUT2D eigenvalue weighted by molar-refractivity contribution is 9.10. The molecule has 1 aliphatic carbocycles. The molecule has 0 saturated heterocycles. The number of nitrogens with zero attached hydrogens (tertiary/aromatic N) is 2. The van der Waals surface area contributed by atoms with Crippen molar-refractivity contribution in [2.75, 3.05) is 0 Å². The largest absolute Gasteiger partial charge is 0.478 e. The first-order valence-electron chi connectivity index (χ1n) is 6.18. The molecule has 5 nitrogen and oxygen atoms in total. The van der Waals surface area contributed by atoms with Crippen molar-refractivity contribution >= 4 is 21.9 Å². The Bertz CT molecular complexity index is 733. The number of hydrogen-bond acceptors (Lipinski definition) is 3. The molecule has 1 aliphatic rings. The highest BCUT2D eigenvalue weighted by atomic mass is 79.9. The van der Waals surface area contributed by atoms with Crippen molar-refractivity contribution in [3.8, 4) is 11.3 Å². The van der Waals surface area contributed by atoms with Gasteiger partial charge in [-0.1, -0.05) is 28.1 Å². The molecule has 2 aromatic rings. The number of aromatic nitrogens is 2. The molecule has 0 bridgehead atoms. The molecule has 3 rings (SSSR count). The maximum Gasteiger partial charge on any atom is 0.348 e. The Labute approximate surface area is 123 Å². The second-order valence-corrected chi connectivity index (χ2v) is 5.65. The van der Waals surface area contributed by atoms with E-state index >= 15 is 0 Å². The number of carboxylic acid groups (broad SMARTS) is 1. The first-order valence-corrected chi connectivity index (χ1v) is 6.98. The third-order valence-electron chi connectivity index (χ3n) is 3.24. The van der Waals surface area contributed by atoms with Gasteiger partial charge in [0, 0.05) is 22.3 Å². The molecule has 0 amide bonds. The Kier molecular flexibility index (Phi) is 3.17. The predicted molar refractivity (Wildman–Crippen MR) is 76.9 cm³/mol. The quantitative estimate of drug-likeness (QED) is 0.936. The summed E-state index contributed by atoms with van der Waals surface area (Å²) in [4.78, 5) is 27.4. The standard InChI is InChI=1S/C14H11BrN2O3/c15-9-3-1-8(2-4-9)12-11(13(18)19)7-17(10-5-6-10)14(20)16-12/h1-4,7,10H,5-6H2,(H,18,19). The molecular weight excluding hydrogens is 324 g/mol. The van der Waals surface area contributed by atoms with Crippen LogP contribution in [0.25, 0.3) is 11.3 Å². The third-order valence-corrected chi connectivity index (χ3v) is 3.77. The maximum absolute atomic E-state index is 12.0. The highest BCUT2D eigenvalue weighted by Crippen LogP contribution is 2.34. The van der Waals surface area contributed by atoms with Crippen molar-refractivity contribution in [2.24, 2.45) is 0 Å². The van der Waals surface area contributed by atoms with Crippen LogP contribution >= 0.6 is 15.9 Å². The van der Waals surface area contributed by atoms with Gasteiger partial charge in [-0.05, 0) is 25.0 Å². The molecule has 6 heteroatoms. The second kappa shape index (κ2) is 4.86. The van der Waals surface area contributed by atoms with Crippen molar-refractivity contribution in [2.45, 2.75) is 18.9 Å². The summed E-state index contributed by atoms with van der Waals surface area (Å²) in [6.45, 7) is 0. The highest BCUT2D eigenvalue weighted by Gasteiger charge is 2.27. The van der Waals surface area contributed by atoms with Gasteiger partial charge in [0.25, 0.3) is 0 Å². The molecule has 0 atom stereocenters. The van der Waals surface area contributed by atoms with Crippen LogP contribution in [-0.4, -0.2) is 20.6 Å². The Balaban J connectivity index is 2.18. The monoisotopic (exact) mass is 334 g/mol. The van der Waals surface area contributed by atoms with Crippen LogP contribution in [0.4, 0.5) is 0 Å². The van der Waals surface area contributed by atoms with E-state index < -0.39 is 11.7 Å². The number of halogens is 1. The van der Waals surface area contributed by atoms with E-state index in [2.05, 4.69) is 20.9 Å². The van der Waals surface area contributed by atoms with E-state index in [0.717, 1.165) is 17.3 Å². The Morgan fingerprint density at radius 1 is 1.30 bits per heavy atom. The Hall–Kier alpha value is -1.95. The van der Waals surface area contributed by atoms with Crippen LogP contribution in [0, 0.1) is 0 Å². The number of aromatic carboxylic acids is 1. The van der Waals surface area contributed by atoms with Crippen LogP contribution in [0.1, 0.15) is 29.2 Å². The van der Waals surface area contributed by atoms with E-state index in [9.17, 15) is 14.7 Å². The molecule has 20 heavy (non-hydrogen) atoms. The fraction of sp³-hybridized carbons (Fsp3) is 0.214. The van der Waals surface area contributed by atoms with Gasteiger partial charge in [-0.2, -0.15) is 4.98 Å². The predicted octanol–water partition coefficient (Wildman–Crippen LogP) is 2.71. The molecule has 0 spiro atoms. The number of carboxylic acids is 1. The molecule has 1 aromatic heterocycles. The molecule has 1 N–H and O–H groups in total. The smallest absolute Gasteiger partial charge is 0.348 e. The van der Waals surface area contributed by atoms with Gasteiger partial charge in [0.2, 0.25) is 0 Å². The van der Waals surface area contributed by atoms with E-state index in [4.69, 9.17) is 0 Å². The number of carbonyl (C=O) groups is 1. The van der Waals surface area contributed by atoms with Crippen LogP contribution in [0.5, 0.6) is 0 Å². The molecule has 1 saturated carbocycles. The first-order chi connectivity index (χ1) is 9.56. The number of hydrogen-bond donors (Lipinski definition) is 1.